The van der Waals surface area contributed by atoms with Crippen molar-refractivity contribution < 1.29 is 39.1 Å². The van der Waals surface area contributed by atoms with Crippen molar-refractivity contribution in [3.8, 4) is 0 Å². The van der Waals surface area contributed by atoms with Crippen molar-refractivity contribution in [1.82, 2.24) is 0 Å². The SMILES string of the molecule is Ic1cc[c-]cc1.[CH2-]CCCCCCC.[O]=[Co].[O]=[Co].[c-]1cc[c-]cc1. The Kier molecular flexibility index (Phi) is 37.3. The monoisotopic (exact) mass is 542 g/mol. The van der Waals surface area contributed by atoms with Crippen molar-refractivity contribution in [3.63, 3.8) is 0 Å². The zero-order valence-electron chi connectivity index (χ0n) is 14.4. The maximum absolute atomic E-state index is 7.94. The second-order valence-electron chi connectivity index (χ2n) is 4.49. The first-order chi connectivity index (χ1) is 12.3. The molecule has 0 aliphatic rings. The summed E-state index contributed by atoms with van der Waals surface area (Å²) in [6, 6.07) is 23.8. The van der Waals surface area contributed by atoms with Crippen LogP contribution in [0.4, 0.5) is 0 Å². The van der Waals surface area contributed by atoms with E-state index in [0.717, 1.165) is 6.42 Å². The van der Waals surface area contributed by atoms with Crippen molar-refractivity contribution in [1.29, 1.82) is 0 Å². The average Bonchev–Trinajstić information content (AvgIpc) is 2.71. The molecule has 0 amide bonds. The molecule has 0 unspecified atom stereocenters. The number of hydrogen-bond donors (Lipinski definition) is 0. The van der Waals surface area contributed by atoms with Gasteiger partial charge in [-0.2, -0.15) is 36.8 Å². The van der Waals surface area contributed by atoms with Gasteiger partial charge in [-0.15, -0.1) is 0 Å². The van der Waals surface area contributed by atoms with E-state index in [1.807, 2.05) is 48.5 Å². The Morgan fingerprint density at radius 1 is 0.800 bits per heavy atom. The molecule has 5 heteroatoms. The van der Waals surface area contributed by atoms with E-state index in [2.05, 4.69) is 86.0 Å². The molecule has 2 aromatic rings. The molecule has 0 aliphatic carbocycles. The van der Waals surface area contributed by atoms with Gasteiger partial charge in [-0.25, -0.2) is 0 Å². The molecule has 0 atom stereocenters. The zero-order chi connectivity index (χ0) is 19.6. The van der Waals surface area contributed by atoms with Crippen molar-refractivity contribution in [2.75, 3.05) is 0 Å². The first-order valence-electron chi connectivity index (χ1n) is 7.81. The van der Waals surface area contributed by atoms with Crippen LogP contribution < -0.4 is 0 Å². The molecule has 0 heterocycles. The Morgan fingerprint density at radius 3 is 1.48 bits per heavy atom. The molecule has 2 nitrogen and oxygen atoms in total. The Morgan fingerprint density at radius 2 is 1.20 bits per heavy atom. The minimum Gasteiger partial charge on any atom is -0.319 e. The first kappa shape index (κ1) is 29.5. The normalized spacial score (nSPS) is 7.88. The molecule has 0 radical (unpaired) electrons. The molecule has 2 rings (SSSR count). The van der Waals surface area contributed by atoms with Crippen molar-refractivity contribution in [2.24, 2.45) is 0 Å². The van der Waals surface area contributed by atoms with Crippen LogP contribution in [0.2, 0.25) is 0 Å². The van der Waals surface area contributed by atoms with Crippen LogP contribution in [0, 0.1) is 28.7 Å². The molecule has 0 fully saturated rings. The third kappa shape index (κ3) is 32.0. The third-order valence-electron chi connectivity index (χ3n) is 2.58. The average molecular weight is 542 g/mol. The molecule has 2 aromatic carbocycles. The van der Waals surface area contributed by atoms with Crippen LogP contribution in [0.5, 0.6) is 0 Å². The van der Waals surface area contributed by atoms with Gasteiger partial charge >= 0.3 is 39.1 Å². The molecule has 0 saturated heterocycles. The number of halogens is 1. The smallest absolute Gasteiger partial charge is 0.288 e. The fraction of sp³-hybridized carbons (Fsp3) is 0.350. The first-order valence-corrected chi connectivity index (χ1v) is 9.74. The minimum atomic E-state index is 1.11. The molecule has 25 heavy (non-hydrogen) atoms. The van der Waals surface area contributed by atoms with Crippen molar-refractivity contribution in [3.05, 3.63) is 77.2 Å². The second kappa shape index (κ2) is 31.5. The summed E-state index contributed by atoms with van der Waals surface area (Å²) in [6.45, 7) is 6.02. The van der Waals surface area contributed by atoms with E-state index in [-0.39, 0.29) is 0 Å². The van der Waals surface area contributed by atoms with Gasteiger partial charge in [-0.1, -0.05) is 65.2 Å². The Labute approximate surface area is 183 Å². The maximum atomic E-state index is 7.94. The van der Waals surface area contributed by atoms with Crippen LogP contribution in [-0.4, -0.2) is 0 Å². The van der Waals surface area contributed by atoms with Crippen LogP contribution in [-0.2, 0) is 39.1 Å². The van der Waals surface area contributed by atoms with Gasteiger partial charge in [-0.05, 0) is 0 Å². The van der Waals surface area contributed by atoms with E-state index in [0.29, 0.717) is 0 Å². The fourth-order valence-electron chi connectivity index (χ4n) is 1.45. The van der Waals surface area contributed by atoms with E-state index in [1.165, 1.54) is 35.7 Å². The summed E-state index contributed by atoms with van der Waals surface area (Å²) >= 11 is 6.88. The van der Waals surface area contributed by atoms with Crippen LogP contribution in [0.15, 0.2) is 48.5 Å². The number of unbranched alkanes of at least 4 members (excludes halogenated alkanes) is 5. The van der Waals surface area contributed by atoms with Gasteiger partial charge in [0.2, 0.25) is 0 Å². The number of benzene rings is 2. The largest absolute Gasteiger partial charge is 0.319 e. The number of hydrogen-bond acceptors (Lipinski definition) is 2. The molecule has 0 N–H and O–H groups in total. The Bertz CT molecular complexity index is 396. The summed E-state index contributed by atoms with van der Waals surface area (Å²) in [5.74, 6) is 0. The Balaban J connectivity index is -0.000000265. The minimum absolute atomic E-state index is 1.11. The molecule has 0 saturated carbocycles. The molecular formula is C20H25Co2IO2-4. The quantitative estimate of drug-likeness (QED) is 0.252. The standard InChI is InChI=1S/C8H17.C6H4I.C6H4.2Co.2O/c1-3-5-7-8-6-4-2;7-6-4-2-1-3-5-6;1-2-4-6-5-3-1;;;;/h1,3-8H2,2H3;2-5H;1-2,5-6H;;;;/q2*-1;-2;;;;. The summed E-state index contributed by atoms with van der Waals surface area (Å²) in [7, 11) is 0. The Hall–Kier alpha value is -0.217. The van der Waals surface area contributed by atoms with Crippen LogP contribution >= 0.6 is 22.6 Å². The molecule has 146 valence electrons. The van der Waals surface area contributed by atoms with Gasteiger partial charge in [0.05, 0.1) is 0 Å². The predicted octanol–water partition coefficient (Wildman–Crippen LogP) is 6.32. The van der Waals surface area contributed by atoms with E-state index in [9.17, 15) is 0 Å². The van der Waals surface area contributed by atoms with Gasteiger partial charge in [0.25, 0.3) is 0 Å². The molecular weight excluding hydrogens is 517 g/mol. The van der Waals surface area contributed by atoms with Crippen LogP contribution in [0.25, 0.3) is 0 Å². The molecule has 0 spiro atoms. The third-order valence-corrected chi connectivity index (χ3v) is 3.30. The summed E-state index contributed by atoms with van der Waals surface area (Å²) in [5, 5.41) is 0. The van der Waals surface area contributed by atoms with Gasteiger partial charge in [0.15, 0.2) is 0 Å². The summed E-state index contributed by atoms with van der Waals surface area (Å²) in [4.78, 5) is 0. The predicted molar refractivity (Wildman–Crippen MR) is 102 cm³/mol. The molecule has 0 aromatic heterocycles. The second-order valence-corrected chi connectivity index (χ2v) is 5.73. The van der Waals surface area contributed by atoms with E-state index < -0.39 is 0 Å². The summed E-state index contributed by atoms with van der Waals surface area (Å²) in [6.07, 6.45) is 7.98. The fourth-order valence-corrected chi connectivity index (χ4v) is 1.81. The molecule has 0 bridgehead atoms. The number of rotatable bonds is 5. The van der Waals surface area contributed by atoms with Gasteiger partial charge in [0, 0.05) is 0 Å². The summed E-state index contributed by atoms with van der Waals surface area (Å²) < 4.78 is 17.1. The molecule has 0 aliphatic heterocycles. The van der Waals surface area contributed by atoms with Gasteiger partial charge in [0.1, 0.15) is 0 Å². The van der Waals surface area contributed by atoms with Crippen LogP contribution in [0.1, 0.15) is 45.4 Å². The van der Waals surface area contributed by atoms with E-state index in [4.69, 9.17) is 7.73 Å². The van der Waals surface area contributed by atoms with E-state index in [1.54, 1.807) is 0 Å². The van der Waals surface area contributed by atoms with Crippen molar-refractivity contribution >= 4 is 22.6 Å². The van der Waals surface area contributed by atoms with Gasteiger partial charge < -0.3 is 19.1 Å². The van der Waals surface area contributed by atoms with E-state index >= 15 is 0 Å². The van der Waals surface area contributed by atoms with Gasteiger partial charge in [-0.3, -0.25) is 24.3 Å². The summed E-state index contributed by atoms with van der Waals surface area (Å²) in [5.41, 5.74) is 0. The van der Waals surface area contributed by atoms with Crippen molar-refractivity contribution in [2.45, 2.75) is 45.4 Å². The zero-order valence-corrected chi connectivity index (χ0v) is 18.7. The topological polar surface area (TPSA) is 34.1 Å². The van der Waals surface area contributed by atoms with Crippen LogP contribution in [0.3, 0.4) is 0 Å². The maximum Gasteiger partial charge on any atom is -0.288 e.